The maximum Gasteiger partial charge on any atom is 0.348 e. The average Bonchev–Trinajstić information content (AvgIpc) is 2.67. The number of nitrogens with zero attached hydrogens (tertiary/aromatic N) is 2. The number of aliphatic hydroxyl groups is 1. The molecule has 17 heavy (non-hydrogen) atoms. The predicted octanol–water partition coefficient (Wildman–Crippen LogP) is -0.370. The number of halogens is 2. The fourth-order valence-electron chi connectivity index (χ4n) is 1.71. The first-order chi connectivity index (χ1) is 8.04. The van der Waals surface area contributed by atoms with Crippen LogP contribution in [-0.2, 0) is 4.74 Å². The highest BCUT2D eigenvalue weighted by Crippen LogP contribution is 2.29. The third-order valence-corrected chi connectivity index (χ3v) is 2.92. The van der Waals surface area contributed by atoms with E-state index in [9.17, 15) is 14.0 Å². The van der Waals surface area contributed by atoms with E-state index in [1.54, 1.807) is 0 Å². The molecule has 1 aliphatic rings. The number of hydrogen-bond acceptors (Lipinski definition) is 4. The summed E-state index contributed by atoms with van der Waals surface area (Å²) < 4.78 is 19.9. The van der Waals surface area contributed by atoms with Crippen LogP contribution in [0.2, 0.25) is 0 Å². The molecular weight excluding hydrogens is 255 g/mol. The van der Waals surface area contributed by atoms with E-state index >= 15 is 0 Å². The van der Waals surface area contributed by atoms with Crippen LogP contribution in [0.3, 0.4) is 0 Å². The van der Waals surface area contributed by atoms with Crippen LogP contribution in [0.15, 0.2) is 21.9 Å². The van der Waals surface area contributed by atoms with Gasteiger partial charge in [-0.25, -0.2) is 9.18 Å². The summed E-state index contributed by atoms with van der Waals surface area (Å²) in [6.07, 6.45) is -2.04. The molecule has 0 amide bonds. The van der Waals surface area contributed by atoms with Gasteiger partial charge in [-0.1, -0.05) is 0 Å². The SMILES string of the molecule is O=c1ccn([C@H]2C[C@H](F)[C@@H](CO)O2)c(=O)n1Cl. The third kappa shape index (κ3) is 2.13. The van der Waals surface area contributed by atoms with Crippen LogP contribution in [0.5, 0.6) is 0 Å². The maximum absolute atomic E-state index is 13.3. The second kappa shape index (κ2) is 4.59. The van der Waals surface area contributed by atoms with Crippen molar-refractivity contribution in [2.45, 2.75) is 24.9 Å². The van der Waals surface area contributed by atoms with Crippen LogP contribution in [0.25, 0.3) is 0 Å². The zero-order valence-electron chi connectivity index (χ0n) is 8.62. The Morgan fingerprint density at radius 3 is 2.88 bits per heavy atom. The van der Waals surface area contributed by atoms with Gasteiger partial charge in [-0.2, -0.15) is 4.09 Å². The quantitative estimate of drug-likeness (QED) is 0.791. The van der Waals surface area contributed by atoms with E-state index in [0.717, 1.165) is 10.6 Å². The molecular formula is C9H10ClFN2O4. The molecule has 0 aromatic carbocycles. The molecule has 0 saturated carbocycles. The largest absolute Gasteiger partial charge is 0.394 e. The Hall–Kier alpha value is -1.18. The molecule has 0 radical (unpaired) electrons. The van der Waals surface area contributed by atoms with E-state index in [0.29, 0.717) is 4.09 Å². The molecule has 2 heterocycles. The molecule has 0 aliphatic carbocycles. The van der Waals surface area contributed by atoms with E-state index in [1.807, 2.05) is 0 Å². The van der Waals surface area contributed by atoms with Crippen molar-refractivity contribution in [3.8, 4) is 0 Å². The molecule has 1 aliphatic heterocycles. The first kappa shape index (κ1) is 12.3. The zero-order valence-corrected chi connectivity index (χ0v) is 9.38. The number of aliphatic hydroxyl groups excluding tert-OH is 1. The van der Waals surface area contributed by atoms with Crippen molar-refractivity contribution in [2.75, 3.05) is 6.61 Å². The molecule has 0 unspecified atom stereocenters. The van der Waals surface area contributed by atoms with Crippen LogP contribution in [0.1, 0.15) is 12.6 Å². The molecule has 0 spiro atoms. The number of alkyl halides is 1. The topological polar surface area (TPSA) is 73.5 Å². The molecule has 1 fully saturated rings. The Balaban J connectivity index is 2.34. The van der Waals surface area contributed by atoms with Crippen molar-refractivity contribution in [1.82, 2.24) is 8.65 Å². The van der Waals surface area contributed by atoms with Crippen molar-refractivity contribution in [2.24, 2.45) is 0 Å². The summed E-state index contributed by atoms with van der Waals surface area (Å²) in [5, 5.41) is 8.84. The lowest BCUT2D eigenvalue weighted by atomic mass is 10.2. The third-order valence-electron chi connectivity index (χ3n) is 2.61. The van der Waals surface area contributed by atoms with Gasteiger partial charge in [0.2, 0.25) is 0 Å². The molecule has 3 atom stereocenters. The number of rotatable bonds is 2. The molecule has 1 N–H and O–H groups in total. The predicted molar refractivity (Wildman–Crippen MR) is 56.7 cm³/mol. The smallest absolute Gasteiger partial charge is 0.348 e. The van der Waals surface area contributed by atoms with Crippen molar-refractivity contribution in [3.05, 3.63) is 33.1 Å². The second-order valence-electron chi connectivity index (χ2n) is 3.69. The van der Waals surface area contributed by atoms with Crippen LogP contribution in [-0.4, -0.2) is 32.6 Å². The van der Waals surface area contributed by atoms with E-state index < -0.39 is 36.4 Å². The minimum absolute atomic E-state index is 0.0692. The van der Waals surface area contributed by atoms with Crippen molar-refractivity contribution in [1.29, 1.82) is 0 Å². The van der Waals surface area contributed by atoms with Crippen LogP contribution in [0, 0.1) is 0 Å². The van der Waals surface area contributed by atoms with Gasteiger partial charge >= 0.3 is 5.69 Å². The highest BCUT2D eigenvalue weighted by molar-refractivity contribution is 6.15. The maximum atomic E-state index is 13.3. The van der Waals surface area contributed by atoms with Gasteiger partial charge in [0, 0.05) is 30.5 Å². The van der Waals surface area contributed by atoms with Gasteiger partial charge in [0.15, 0.2) is 0 Å². The highest BCUT2D eigenvalue weighted by atomic mass is 35.5. The Bertz CT molecular complexity index is 528. The second-order valence-corrected chi connectivity index (χ2v) is 4.03. The van der Waals surface area contributed by atoms with Gasteiger partial charge in [-0.15, -0.1) is 0 Å². The molecule has 1 aromatic rings. The van der Waals surface area contributed by atoms with Gasteiger partial charge < -0.3 is 9.84 Å². The van der Waals surface area contributed by atoms with E-state index in [2.05, 4.69) is 0 Å². The van der Waals surface area contributed by atoms with Gasteiger partial charge in [-0.05, 0) is 0 Å². The summed E-state index contributed by atoms with van der Waals surface area (Å²) >= 11 is 5.44. The minimum Gasteiger partial charge on any atom is -0.394 e. The summed E-state index contributed by atoms with van der Waals surface area (Å²) in [7, 11) is 0. The van der Waals surface area contributed by atoms with Crippen molar-refractivity contribution >= 4 is 11.8 Å². The standard InChI is InChI=1S/C9H10ClFN2O4/c10-13-7(15)1-2-12(9(13)16)8-3-5(11)6(4-14)17-8/h1-2,5-6,8,14H,3-4H2/t5-,6+,8+/m0/s1. The van der Waals surface area contributed by atoms with E-state index in [-0.39, 0.29) is 6.42 Å². The summed E-state index contributed by atoms with van der Waals surface area (Å²) in [4.78, 5) is 22.7. The monoisotopic (exact) mass is 264 g/mol. The van der Waals surface area contributed by atoms with Crippen LogP contribution in [0.4, 0.5) is 4.39 Å². The van der Waals surface area contributed by atoms with Crippen LogP contribution >= 0.6 is 11.8 Å². The fraction of sp³-hybridized carbons (Fsp3) is 0.556. The molecule has 6 nitrogen and oxygen atoms in total. The molecule has 0 bridgehead atoms. The Labute approximate surface area is 99.9 Å². The van der Waals surface area contributed by atoms with Crippen molar-refractivity contribution in [3.63, 3.8) is 0 Å². The minimum atomic E-state index is -1.35. The van der Waals surface area contributed by atoms with E-state index in [4.69, 9.17) is 21.6 Å². The Morgan fingerprint density at radius 1 is 1.59 bits per heavy atom. The average molecular weight is 265 g/mol. The first-order valence-corrected chi connectivity index (χ1v) is 5.29. The Morgan fingerprint density at radius 2 is 2.29 bits per heavy atom. The summed E-state index contributed by atoms with van der Waals surface area (Å²) in [6, 6.07) is 1.08. The van der Waals surface area contributed by atoms with Crippen LogP contribution < -0.4 is 11.2 Å². The molecule has 8 heteroatoms. The number of aromatic nitrogens is 2. The molecule has 1 saturated heterocycles. The highest BCUT2D eigenvalue weighted by Gasteiger charge is 2.36. The summed E-state index contributed by atoms with van der Waals surface area (Å²) in [5.41, 5.74) is -1.46. The molecule has 2 rings (SSSR count). The number of hydrogen-bond donors (Lipinski definition) is 1. The fourth-order valence-corrected chi connectivity index (χ4v) is 1.86. The zero-order chi connectivity index (χ0) is 12.6. The lowest BCUT2D eigenvalue weighted by molar-refractivity contribution is -0.0357. The van der Waals surface area contributed by atoms with Gasteiger partial charge in [-0.3, -0.25) is 9.36 Å². The van der Waals surface area contributed by atoms with Gasteiger partial charge in [0.1, 0.15) is 18.5 Å². The normalized spacial score (nSPS) is 28.5. The van der Waals surface area contributed by atoms with Gasteiger partial charge in [0.05, 0.1) is 6.61 Å². The lowest BCUT2D eigenvalue weighted by Crippen LogP contribution is -2.36. The lowest BCUT2D eigenvalue weighted by Gasteiger charge is -2.14. The molecule has 94 valence electrons. The van der Waals surface area contributed by atoms with Gasteiger partial charge in [0.25, 0.3) is 5.56 Å². The Kier molecular flexibility index (Phi) is 3.32. The molecule has 1 aromatic heterocycles. The number of ether oxygens (including phenoxy) is 1. The first-order valence-electron chi connectivity index (χ1n) is 4.95. The van der Waals surface area contributed by atoms with Crippen molar-refractivity contribution < 1.29 is 14.2 Å². The summed E-state index contributed by atoms with van der Waals surface area (Å²) in [5.74, 6) is 0. The summed E-state index contributed by atoms with van der Waals surface area (Å²) in [6.45, 7) is -0.465. The van der Waals surface area contributed by atoms with E-state index in [1.165, 1.54) is 6.20 Å².